The predicted molar refractivity (Wildman–Crippen MR) is 110 cm³/mol. The largest absolute Gasteiger partial charge is 0.333 e. The molecular weight excluding hydrogens is 371 g/mol. The Morgan fingerprint density at radius 3 is 2.45 bits per heavy atom. The maximum atomic E-state index is 14.6. The number of para-hydroxylation sites is 1. The summed E-state index contributed by atoms with van der Waals surface area (Å²) in [7, 11) is 1.63. The van der Waals surface area contributed by atoms with E-state index < -0.39 is 23.9 Å². The van der Waals surface area contributed by atoms with Crippen LogP contribution in [0.1, 0.15) is 37.3 Å². The molecule has 1 atom stereocenters. The van der Waals surface area contributed by atoms with E-state index in [1.807, 2.05) is 13.0 Å². The Bertz CT molecular complexity index is 1000. The molecule has 2 N–H and O–H groups in total. The molecule has 2 aromatic rings. The van der Waals surface area contributed by atoms with E-state index in [1.165, 1.54) is 11.0 Å². The van der Waals surface area contributed by atoms with Crippen molar-refractivity contribution in [3.8, 4) is 0 Å². The van der Waals surface area contributed by atoms with Crippen molar-refractivity contribution in [2.75, 3.05) is 11.9 Å². The minimum atomic E-state index is -1.16. The summed E-state index contributed by atoms with van der Waals surface area (Å²) in [5, 5.41) is 5.59. The summed E-state index contributed by atoms with van der Waals surface area (Å²) in [6.07, 6.45) is 1.69. The lowest BCUT2D eigenvalue weighted by atomic mass is 9.79. The molecule has 0 aromatic heterocycles. The molecule has 3 amide bonds. The van der Waals surface area contributed by atoms with E-state index in [9.17, 15) is 14.0 Å². The summed E-state index contributed by atoms with van der Waals surface area (Å²) in [4.78, 5) is 31.5. The topological polar surface area (TPSA) is 73.8 Å². The molecule has 150 valence electrons. The number of likely N-dealkylation sites (N-methyl/N-ethyl adjacent to an activating group) is 1. The van der Waals surface area contributed by atoms with Crippen molar-refractivity contribution in [2.45, 2.75) is 37.9 Å². The Morgan fingerprint density at radius 2 is 1.79 bits per heavy atom. The number of benzodiazepines with no additional fused rings is 1. The van der Waals surface area contributed by atoms with Crippen molar-refractivity contribution in [1.29, 1.82) is 0 Å². The van der Waals surface area contributed by atoms with Crippen molar-refractivity contribution in [3.05, 3.63) is 65.5 Å². The van der Waals surface area contributed by atoms with Crippen LogP contribution in [0.5, 0.6) is 0 Å². The Morgan fingerprint density at radius 1 is 1.14 bits per heavy atom. The highest BCUT2D eigenvalue weighted by molar-refractivity contribution is 6.20. The van der Waals surface area contributed by atoms with Crippen LogP contribution in [0, 0.1) is 5.82 Å². The van der Waals surface area contributed by atoms with Gasteiger partial charge in [-0.25, -0.2) is 14.2 Å². The fraction of sp³-hybridized carbons (Fsp3) is 0.318. The third kappa shape index (κ3) is 3.60. The van der Waals surface area contributed by atoms with Crippen LogP contribution in [0.3, 0.4) is 0 Å². The zero-order valence-electron chi connectivity index (χ0n) is 16.4. The second-order valence-corrected chi connectivity index (χ2v) is 7.79. The maximum Gasteiger partial charge on any atom is 0.317 e. The maximum absolute atomic E-state index is 14.6. The highest BCUT2D eigenvalue weighted by Gasteiger charge is 2.36. The van der Waals surface area contributed by atoms with Gasteiger partial charge in [-0.3, -0.25) is 4.79 Å². The van der Waals surface area contributed by atoms with Crippen LogP contribution in [0.15, 0.2) is 53.5 Å². The van der Waals surface area contributed by atoms with Gasteiger partial charge in [0.25, 0.3) is 5.91 Å². The Labute approximate surface area is 168 Å². The number of hydrogen-bond acceptors (Lipinski definition) is 3. The van der Waals surface area contributed by atoms with Gasteiger partial charge in [0, 0.05) is 23.7 Å². The number of nitrogens with one attached hydrogen (secondary N) is 2. The molecule has 0 saturated heterocycles. The summed E-state index contributed by atoms with van der Waals surface area (Å²) >= 11 is 0. The number of urea groups is 1. The SMILES string of the molecule is CN1C(=O)C(NC(=O)NC2(C)CCC2)N=C(c2ccccc2F)c2ccccc21. The third-order valence-electron chi connectivity index (χ3n) is 5.61. The number of benzene rings is 2. The van der Waals surface area contributed by atoms with E-state index in [0.29, 0.717) is 17.0 Å². The molecule has 0 spiro atoms. The second-order valence-electron chi connectivity index (χ2n) is 7.79. The van der Waals surface area contributed by atoms with Gasteiger partial charge >= 0.3 is 6.03 Å². The number of aliphatic imine (C=N–C) groups is 1. The van der Waals surface area contributed by atoms with Crippen LogP contribution in [-0.4, -0.2) is 36.4 Å². The van der Waals surface area contributed by atoms with E-state index in [4.69, 9.17) is 0 Å². The summed E-state index contributed by atoms with van der Waals surface area (Å²) in [5.41, 5.74) is 1.59. The van der Waals surface area contributed by atoms with Gasteiger partial charge in [-0.2, -0.15) is 0 Å². The zero-order valence-corrected chi connectivity index (χ0v) is 16.4. The molecule has 2 aromatic carbocycles. The molecule has 29 heavy (non-hydrogen) atoms. The van der Waals surface area contributed by atoms with Crippen molar-refractivity contribution in [3.63, 3.8) is 0 Å². The van der Waals surface area contributed by atoms with Gasteiger partial charge in [0.2, 0.25) is 6.17 Å². The predicted octanol–water partition coefficient (Wildman–Crippen LogP) is 3.21. The van der Waals surface area contributed by atoms with Crippen LogP contribution < -0.4 is 15.5 Å². The van der Waals surface area contributed by atoms with Crippen LogP contribution in [0.2, 0.25) is 0 Å². The van der Waals surface area contributed by atoms with E-state index in [-0.39, 0.29) is 11.1 Å². The molecule has 1 heterocycles. The minimum absolute atomic E-state index is 0.259. The first kappa shape index (κ1) is 19.1. The molecule has 4 rings (SSSR count). The first-order chi connectivity index (χ1) is 13.9. The van der Waals surface area contributed by atoms with E-state index in [1.54, 1.807) is 43.4 Å². The molecule has 2 aliphatic rings. The van der Waals surface area contributed by atoms with Gasteiger partial charge in [0.05, 0.1) is 11.4 Å². The molecule has 7 heteroatoms. The number of hydrogen-bond donors (Lipinski definition) is 2. The van der Waals surface area contributed by atoms with Crippen LogP contribution in [0.25, 0.3) is 0 Å². The Hall–Kier alpha value is -3.22. The highest BCUT2D eigenvalue weighted by Crippen LogP contribution is 2.31. The van der Waals surface area contributed by atoms with Gasteiger partial charge in [-0.15, -0.1) is 0 Å². The summed E-state index contributed by atoms with van der Waals surface area (Å²) in [6, 6.07) is 13.0. The van der Waals surface area contributed by atoms with Gasteiger partial charge in [0.1, 0.15) is 5.82 Å². The number of nitrogens with zero attached hydrogens (tertiary/aromatic N) is 2. The van der Waals surface area contributed by atoms with Gasteiger partial charge in [-0.1, -0.05) is 30.3 Å². The third-order valence-corrected chi connectivity index (χ3v) is 5.61. The van der Waals surface area contributed by atoms with Crippen molar-refractivity contribution >= 4 is 23.3 Å². The average molecular weight is 394 g/mol. The number of anilines is 1. The summed E-state index contributed by atoms with van der Waals surface area (Å²) in [5.74, 6) is -0.832. The zero-order chi connectivity index (χ0) is 20.6. The number of carbonyl (C=O) groups is 2. The van der Waals surface area contributed by atoms with Gasteiger partial charge in [-0.05, 0) is 44.4 Å². The monoisotopic (exact) mass is 394 g/mol. The first-order valence-electron chi connectivity index (χ1n) is 9.66. The minimum Gasteiger partial charge on any atom is -0.333 e. The molecule has 1 saturated carbocycles. The second kappa shape index (κ2) is 7.31. The van der Waals surface area contributed by atoms with Crippen molar-refractivity contribution in [2.24, 2.45) is 4.99 Å². The summed E-state index contributed by atoms with van der Waals surface area (Å²) in [6.45, 7) is 1.97. The normalized spacial score (nSPS) is 20.1. The molecule has 6 nitrogen and oxygen atoms in total. The molecule has 1 aliphatic carbocycles. The van der Waals surface area contributed by atoms with Crippen LogP contribution in [-0.2, 0) is 4.79 Å². The quantitative estimate of drug-likeness (QED) is 0.839. The lowest BCUT2D eigenvalue weighted by molar-refractivity contribution is -0.119. The molecule has 0 bridgehead atoms. The number of carbonyl (C=O) groups excluding carboxylic acids is 2. The lowest BCUT2D eigenvalue weighted by Gasteiger charge is -2.39. The number of fused-ring (bicyclic) bond motifs is 1. The highest BCUT2D eigenvalue weighted by atomic mass is 19.1. The fourth-order valence-electron chi connectivity index (χ4n) is 3.75. The molecule has 1 aliphatic heterocycles. The Balaban J connectivity index is 1.74. The molecule has 1 unspecified atom stereocenters. The van der Waals surface area contributed by atoms with Gasteiger partial charge < -0.3 is 15.5 Å². The standard InChI is InChI=1S/C22H23FN4O2/c1-22(12-7-13-22)26-21(29)25-19-20(28)27(2)17-11-6-4-9-15(17)18(24-19)14-8-3-5-10-16(14)23/h3-6,8-11,19H,7,12-13H2,1-2H3,(H2,25,26,29). The van der Waals surface area contributed by atoms with Crippen LogP contribution in [0.4, 0.5) is 14.9 Å². The van der Waals surface area contributed by atoms with Crippen molar-refractivity contribution < 1.29 is 14.0 Å². The molecule has 0 radical (unpaired) electrons. The van der Waals surface area contributed by atoms with Gasteiger partial charge in [0.15, 0.2) is 0 Å². The van der Waals surface area contributed by atoms with E-state index >= 15 is 0 Å². The van der Waals surface area contributed by atoms with E-state index in [0.717, 1.165) is 19.3 Å². The Kier molecular flexibility index (Phi) is 4.82. The number of rotatable bonds is 3. The summed E-state index contributed by atoms with van der Waals surface area (Å²) < 4.78 is 14.6. The smallest absolute Gasteiger partial charge is 0.317 e. The van der Waals surface area contributed by atoms with Crippen LogP contribution >= 0.6 is 0 Å². The molecular formula is C22H23FN4O2. The van der Waals surface area contributed by atoms with E-state index in [2.05, 4.69) is 15.6 Å². The lowest BCUT2D eigenvalue weighted by Crippen LogP contribution is -2.57. The first-order valence-corrected chi connectivity index (χ1v) is 9.66. The van der Waals surface area contributed by atoms with Crippen molar-refractivity contribution in [1.82, 2.24) is 10.6 Å². The number of amides is 3. The number of halogens is 1. The fourth-order valence-corrected chi connectivity index (χ4v) is 3.75. The molecule has 1 fully saturated rings. The average Bonchev–Trinajstić information content (AvgIpc) is 2.78.